The lowest BCUT2D eigenvalue weighted by Gasteiger charge is -1.99. The third-order valence-corrected chi connectivity index (χ3v) is 4.29. The molecule has 7 heteroatoms. The monoisotopic (exact) mass is 366 g/mol. The van der Waals surface area contributed by atoms with E-state index in [1.165, 1.54) is 18.2 Å². The molecule has 0 unspecified atom stereocenters. The first kappa shape index (κ1) is 15.4. The average Bonchev–Trinajstić information content (AvgIpc) is 2.89. The van der Waals surface area contributed by atoms with Crippen molar-refractivity contribution in [1.82, 2.24) is 5.32 Å². The van der Waals surface area contributed by atoms with Crippen LogP contribution in [-0.4, -0.2) is 10.8 Å². The summed E-state index contributed by atoms with van der Waals surface area (Å²) in [5.41, 5.74) is 0.759. The minimum absolute atomic E-state index is 0.0277. The molecule has 1 heterocycles. The largest absolute Gasteiger partial charge is 0.348 e. The van der Waals surface area contributed by atoms with Crippen LogP contribution in [-0.2, 0) is 11.3 Å². The fraction of sp³-hybridized carbons (Fsp3) is 0.0714. The molecule has 0 bridgehead atoms. The summed E-state index contributed by atoms with van der Waals surface area (Å²) in [6, 6.07) is 7.95. The summed E-state index contributed by atoms with van der Waals surface area (Å²) >= 11 is 4.91. The molecular weight excluding hydrogens is 356 g/mol. The summed E-state index contributed by atoms with van der Waals surface area (Å²) in [5.74, 6) is -0.210. The highest BCUT2D eigenvalue weighted by Gasteiger charge is 2.03. The molecule has 0 spiro atoms. The SMILES string of the molecule is O=C(C=Cc1ccc([N+](=O)[O-])cc1)NCc1cc(Br)cs1. The molecule has 0 radical (unpaired) electrons. The molecule has 0 fully saturated rings. The molecule has 1 aromatic carbocycles. The fourth-order valence-corrected chi connectivity index (χ4v) is 2.95. The molecular formula is C14H11BrN2O3S. The first-order valence-electron chi connectivity index (χ1n) is 5.98. The van der Waals surface area contributed by atoms with E-state index in [4.69, 9.17) is 0 Å². The zero-order valence-electron chi connectivity index (χ0n) is 10.8. The smallest absolute Gasteiger partial charge is 0.269 e. The standard InChI is InChI=1S/C14H11BrN2O3S/c15-11-7-13(21-9-11)8-16-14(18)6-3-10-1-4-12(5-2-10)17(19)20/h1-7,9H,8H2,(H,16,18). The molecule has 2 aromatic rings. The summed E-state index contributed by atoms with van der Waals surface area (Å²) in [7, 11) is 0. The van der Waals surface area contributed by atoms with E-state index >= 15 is 0 Å². The Bertz CT molecular complexity index is 680. The van der Waals surface area contributed by atoms with E-state index in [0.29, 0.717) is 6.54 Å². The van der Waals surface area contributed by atoms with Crippen LogP contribution in [0.1, 0.15) is 10.4 Å². The molecule has 0 saturated carbocycles. The van der Waals surface area contributed by atoms with Gasteiger partial charge in [-0.25, -0.2) is 0 Å². The Hall–Kier alpha value is -1.99. The minimum atomic E-state index is -0.459. The third kappa shape index (κ3) is 4.80. The van der Waals surface area contributed by atoms with E-state index in [1.807, 2.05) is 11.4 Å². The lowest BCUT2D eigenvalue weighted by atomic mass is 10.2. The Morgan fingerprint density at radius 2 is 2.10 bits per heavy atom. The first-order valence-corrected chi connectivity index (χ1v) is 7.65. The maximum Gasteiger partial charge on any atom is 0.269 e. The number of nitrogens with zero attached hydrogens (tertiary/aromatic N) is 1. The molecule has 1 amide bonds. The van der Waals surface area contributed by atoms with Crippen molar-refractivity contribution in [3.8, 4) is 0 Å². The van der Waals surface area contributed by atoms with Crippen molar-refractivity contribution in [2.45, 2.75) is 6.54 Å². The van der Waals surface area contributed by atoms with Crippen molar-refractivity contribution < 1.29 is 9.72 Å². The fourth-order valence-electron chi connectivity index (χ4n) is 1.56. The maximum absolute atomic E-state index is 11.7. The van der Waals surface area contributed by atoms with Crippen LogP contribution in [0.15, 0.2) is 46.3 Å². The second kappa shape index (κ2) is 7.14. The van der Waals surface area contributed by atoms with Gasteiger partial charge in [-0.1, -0.05) is 0 Å². The van der Waals surface area contributed by atoms with Crippen LogP contribution < -0.4 is 5.32 Å². The van der Waals surface area contributed by atoms with Gasteiger partial charge in [0.2, 0.25) is 5.91 Å². The highest BCUT2D eigenvalue weighted by Crippen LogP contribution is 2.19. The number of carbonyl (C=O) groups is 1. The summed E-state index contributed by atoms with van der Waals surface area (Å²) in [6.45, 7) is 0.472. The van der Waals surface area contributed by atoms with Gasteiger partial charge in [0.1, 0.15) is 0 Å². The van der Waals surface area contributed by atoms with Crippen LogP contribution in [0.5, 0.6) is 0 Å². The van der Waals surface area contributed by atoms with Gasteiger partial charge in [0.25, 0.3) is 5.69 Å². The van der Waals surface area contributed by atoms with Gasteiger partial charge in [-0.05, 0) is 45.8 Å². The van der Waals surface area contributed by atoms with Gasteiger partial charge >= 0.3 is 0 Å². The Labute approximate surface area is 133 Å². The predicted octanol–water partition coefficient (Wildman–Crippen LogP) is 3.75. The van der Waals surface area contributed by atoms with Crippen molar-refractivity contribution in [2.24, 2.45) is 0 Å². The lowest BCUT2D eigenvalue weighted by molar-refractivity contribution is -0.384. The molecule has 5 nitrogen and oxygen atoms in total. The molecule has 2 rings (SSSR count). The van der Waals surface area contributed by atoms with Gasteiger partial charge in [-0.3, -0.25) is 14.9 Å². The highest BCUT2D eigenvalue weighted by molar-refractivity contribution is 9.10. The lowest BCUT2D eigenvalue weighted by Crippen LogP contribution is -2.19. The average molecular weight is 367 g/mol. The van der Waals surface area contributed by atoms with Gasteiger partial charge in [-0.15, -0.1) is 11.3 Å². The first-order chi connectivity index (χ1) is 10.0. The van der Waals surface area contributed by atoms with E-state index < -0.39 is 4.92 Å². The predicted molar refractivity (Wildman–Crippen MR) is 86.0 cm³/mol. The quantitative estimate of drug-likeness (QED) is 0.497. The van der Waals surface area contributed by atoms with Crippen molar-refractivity contribution in [2.75, 3.05) is 0 Å². The number of non-ortho nitro benzene ring substituents is 1. The van der Waals surface area contributed by atoms with Crippen molar-refractivity contribution in [3.63, 3.8) is 0 Å². The van der Waals surface area contributed by atoms with Gasteiger partial charge in [-0.2, -0.15) is 0 Å². The van der Waals surface area contributed by atoms with Crippen LogP contribution in [0, 0.1) is 10.1 Å². The van der Waals surface area contributed by atoms with Crippen LogP contribution >= 0.6 is 27.3 Å². The number of rotatable bonds is 5. The number of nitrogens with one attached hydrogen (secondary N) is 1. The molecule has 0 aliphatic carbocycles. The second-order valence-corrected chi connectivity index (χ2v) is 6.04. The number of hydrogen-bond donors (Lipinski definition) is 1. The van der Waals surface area contributed by atoms with Gasteiger partial charge in [0.15, 0.2) is 0 Å². The normalized spacial score (nSPS) is 10.7. The summed E-state index contributed by atoms with van der Waals surface area (Å²) in [4.78, 5) is 22.8. The van der Waals surface area contributed by atoms with Crippen LogP contribution in [0.3, 0.4) is 0 Å². The molecule has 0 aliphatic rings. The number of thiophene rings is 1. The maximum atomic E-state index is 11.7. The number of amides is 1. The Balaban J connectivity index is 1.88. The Morgan fingerprint density at radius 1 is 1.38 bits per heavy atom. The van der Waals surface area contributed by atoms with Gasteiger partial charge in [0.05, 0.1) is 11.5 Å². The van der Waals surface area contributed by atoms with E-state index in [-0.39, 0.29) is 11.6 Å². The van der Waals surface area contributed by atoms with E-state index in [1.54, 1.807) is 29.5 Å². The number of nitro groups is 1. The van der Waals surface area contributed by atoms with Crippen LogP contribution in [0.25, 0.3) is 6.08 Å². The number of hydrogen-bond acceptors (Lipinski definition) is 4. The minimum Gasteiger partial charge on any atom is -0.348 e. The third-order valence-electron chi connectivity index (χ3n) is 2.59. The van der Waals surface area contributed by atoms with Crippen LogP contribution in [0.2, 0.25) is 0 Å². The number of carbonyl (C=O) groups excluding carboxylic acids is 1. The zero-order chi connectivity index (χ0) is 15.2. The second-order valence-electron chi connectivity index (χ2n) is 4.13. The van der Waals surface area contributed by atoms with E-state index in [9.17, 15) is 14.9 Å². The molecule has 108 valence electrons. The number of benzene rings is 1. The molecule has 21 heavy (non-hydrogen) atoms. The van der Waals surface area contributed by atoms with E-state index in [0.717, 1.165) is 14.9 Å². The highest BCUT2D eigenvalue weighted by atomic mass is 79.9. The topological polar surface area (TPSA) is 72.2 Å². The number of nitro benzene ring substituents is 1. The molecule has 0 atom stereocenters. The Morgan fingerprint density at radius 3 is 2.67 bits per heavy atom. The Kier molecular flexibility index (Phi) is 5.24. The van der Waals surface area contributed by atoms with Gasteiger partial charge in [0, 0.05) is 32.9 Å². The molecule has 1 aromatic heterocycles. The molecule has 0 saturated heterocycles. The summed E-state index contributed by atoms with van der Waals surface area (Å²) < 4.78 is 0.998. The zero-order valence-corrected chi connectivity index (χ0v) is 13.2. The summed E-state index contributed by atoms with van der Waals surface area (Å²) in [5, 5.41) is 15.2. The summed E-state index contributed by atoms with van der Waals surface area (Å²) in [6.07, 6.45) is 3.02. The molecule has 0 aliphatic heterocycles. The van der Waals surface area contributed by atoms with Crippen molar-refractivity contribution in [3.05, 3.63) is 66.8 Å². The van der Waals surface area contributed by atoms with Crippen molar-refractivity contribution in [1.29, 1.82) is 0 Å². The number of halogens is 1. The van der Waals surface area contributed by atoms with Crippen molar-refractivity contribution >= 4 is 44.9 Å². The van der Waals surface area contributed by atoms with Crippen LogP contribution in [0.4, 0.5) is 5.69 Å². The van der Waals surface area contributed by atoms with E-state index in [2.05, 4.69) is 21.2 Å². The molecule has 1 N–H and O–H groups in total. The van der Waals surface area contributed by atoms with Gasteiger partial charge < -0.3 is 5.32 Å².